The normalized spacial score (nSPS) is 28.0. The van der Waals surface area contributed by atoms with Gasteiger partial charge >= 0.3 is 0 Å². The lowest BCUT2D eigenvalue weighted by Crippen LogP contribution is -2.58. The van der Waals surface area contributed by atoms with Crippen molar-refractivity contribution in [2.75, 3.05) is 33.9 Å². The number of ether oxygens (including phenoxy) is 3. The summed E-state index contributed by atoms with van der Waals surface area (Å²) in [4.78, 5) is 2.60. The van der Waals surface area contributed by atoms with Crippen molar-refractivity contribution in [3.8, 4) is 5.75 Å². The summed E-state index contributed by atoms with van der Waals surface area (Å²) in [6.45, 7) is 5.02. The fourth-order valence-corrected chi connectivity index (χ4v) is 3.93. The Morgan fingerprint density at radius 3 is 2.86 bits per heavy atom. The first-order chi connectivity index (χ1) is 10.8. The molecule has 4 nitrogen and oxygen atoms in total. The molecule has 0 amide bonds. The van der Waals surface area contributed by atoms with Crippen molar-refractivity contribution in [1.82, 2.24) is 4.90 Å². The molecule has 1 aromatic carbocycles. The van der Waals surface area contributed by atoms with Crippen LogP contribution in [0.25, 0.3) is 0 Å². The van der Waals surface area contributed by atoms with Gasteiger partial charge in [0.2, 0.25) is 0 Å². The molecule has 3 atom stereocenters. The van der Waals surface area contributed by atoms with E-state index >= 15 is 0 Å². The van der Waals surface area contributed by atoms with Gasteiger partial charge in [0, 0.05) is 26.1 Å². The second kappa shape index (κ2) is 6.99. The molecular formula is C18H27NO3. The van der Waals surface area contributed by atoms with Crippen molar-refractivity contribution in [2.24, 2.45) is 0 Å². The van der Waals surface area contributed by atoms with Crippen molar-refractivity contribution < 1.29 is 14.2 Å². The van der Waals surface area contributed by atoms with E-state index in [9.17, 15) is 0 Å². The molecule has 0 N–H and O–H groups in total. The summed E-state index contributed by atoms with van der Waals surface area (Å²) in [7, 11) is 3.50. The van der Waals surface area contributed by atoms with E-state index < -0.39 is 0 Å². The van der Waals surface area contributed by atoms with E-state index in [0.717, 1.165) is 31.7 Å². The van der Waals surface area contributed by atoms with Gasteiger partial charge in [0.15, 0.2) is 0 Å². The topological polar surface area (TPSA) is 30.9 Å². The number of nitrogens with zero attached hydrogens (tertiary/aromatic N) is 1. The molecule has 0 saturated carbocycles. The molecule has 4 heteroatoms. The molecule has 0 unspecified atom stereocenters. The molecule has 1 saturated heterocycles. The van der Waals surface area contributed by atoms with E-state index in [1.54, 1.807) is 14.2 Å². The second-order valence-electron chi connectivity index (χ2n) is 6.32. The first-order valence-corrected chi connectivity index (χ1v) is 8.30. The maximum Gasteiger partial charge on any atom is 0.122 e. The van der Waals surface area contributed by atoms with Crippen molar-refractivity contribution in [3.63, 3.8) is 0 Å². The maximum absolute atomic E-state index is 6.34. The minimum atomic E-state index is 0.175. The zero-order valence-electron chi connectivity index (χ0n) is 13.9. The lowest BCUT2D eigenvalue weighted by atomic mass is 9.83. The molecule has 1 fully saturated rings. The van der Waals surface area contributed by atoms with Gasteiger partial charge in [0.1, 0.15) is 5.75 Å². The average Bonchev–Trinajstić information content (AvgIpc) is 2.53. The van der Waals surface area contributed by atoms with Gasteiger partial charge in [-0.3, -0.25) is 4.90 Å². The summed E-state index contributed by atoms with van der Waals surface area (Å²) >= 11 is 0. The van der Waals surface area contributed by atoms with Gasteiger partial charge in [-0.05, 0) is 36.6 Å². The number of morpholine rings is 1. The van der Waals surface area contributed by atoms with Crippen molar-refractivity contribution >= 4 is 0 Å². The minimum Gasteiger partial charge on any atom is -0.496 e. The van der Waals surface area contributed by atoms with Crippen LogP contribution in [0.15, 0.2) is 18.2 Å². The Morgan fingerprint density at radius 1 is 1.27 bits per heavy atom. The predicted molar refractivity (Wildman–Crippen MR) is 86.6 cm³/mol. The Kier molecular flexibility index (Phi) is 5.01. The van der Waals surface area contributed by atoms with E-state index in [1.165, 1.54) is 17.5 Å². The molecule has 1 heterocycles. The fraction of sp³-hybridized carbons (Fsp3) is 0.667. The van der Waals surface area contributed by atoms with E-state index in [0.29, 0.717) is 12.6 Å². The molecule has 0 aromatic heterocycles. The van der Waals surface area contributed by atoms with Gasteiger partial charge in [-0.15, -0.1) is 0 Å². The highest BCUT2D eigenvalue weighted by atomic mass is 16.5. The van der Waals surface area contributed by atoms with Gasteiger partial charge in [-0.1, -0.05) is 19.1 Å². The monoisotopic (exact) mass is 305 g/mol. The van der Waals surface area contributed by atoms with Crippen molar-refractivity contribution in [1.29, 1.82) is 0 Å². The van der Waals surface area contributed by atoms with E-state index in [1.807, 2.05) is 0 Å². The quantitative estimate of drug-likeness (QED) is 0.835. The van der Waals surface area contributed by atoms with Crippen molar-refractivity contribution in [3.05, 3.63) is 29.3 Å². The lowest BCUT2D eigenvalue weighted by Gasteiger charge is -2.47. The third-order valence-corrected chi connectivity index (χ3v) is 4.85. The smallest absolute Gasteiger partial charge is 0.122 e. The Hall–Kier alpha value is -1.10. The summed E-state index contributed by atoms with van der Waals surface area (Å²) in [5, 5.41) is 0. The molecule has 122 valence electrons. The van der Waals surface area contributed by atoms with Crippen LogP contribution in [0.1, 0.15) is 24.5 Å². The third-order valence-electron chi connectivity index (χ3n) is 4.85. The Labute approximate surface area is 133 Å². The van der Waals surface area contributed by atoms with Crippen LogP contribution in [0.5, 0.6) is 5.75 Å². The van der Waals surface area contributed by atoms with Crippen LogP contribution in [0.4, 0.5) is 0 Å². The molecule has 22 heavy (non-hydrogen) atoms. The highest BCUT2D eigenvalue weighted by Crippen LogP contribution is 2.35. The maximum atomic E-state index is 6.34. The van der Waals surface area contributed by atoms with Gasteiger partial charge < -0.3 is 14.2 Å². The highest BCUT2D eigenvalue weighted by Gasteiger charge is 2.40. The molecule has 0 bridgehead atoms. The summed E-state index contributed by atoms with van der Waals surface area (Å²) in [6, 6.07) is 6.87. The molecule has 2 aliphatic rings. The number of methoxy groups -OCH3 is 2. The first-order valence-electron chi connectivity index (χ1n) is 8.30. The Morgan fingerprint density at radius 2 is 2.14 bits per heavy atom. The zero-order valence-corrected chi connectivity index (χ0v) is 13.9. The summed E-state index contributed by atoms with van der Waals surface area (Å²) in [6.07, 6.45) is 3.58. The minimum absolute atomic E-state index is 0.175. The Bertz CT molecular complexity index is 505. The van der Waals surface area contributed by atoms with Crippen LogP contribution in [-0.2, 0) is 22.3 Å². The van der Waals surface area contributed by atoms with E-state index in [2.05, 4.69) is 30.0 Å². The summed E-state index contributed by atoms with van der Waals surface area (Å²) in [5.74, 6) is 0.996. The standard InChI is InChI=1S/C18H27NO3/c1-4-8-19-11-14(12-20-2)22-18-10-15-13(9-16(18)19)6-5-7-17(15)21-3/h5-7,14,16,18H,4,8-12H2,1-3H3/t14-,16-,18-/m1/s1. The van der Waals surface area contributed by atoms with Crippen LogP contribution >= 0.6 is 0 Å². The predicted octanol–water partition coefficient (Wildman–Crippen LogP) is 2.29. The van der Waals surface area contributed by atoms with Gasteiger partial charge in [-0.2, -0.15) is 0 Å². The molecule has 3 rings (SSSR count). The second-order valence-corrected chi connectivity index (χ2v) is 6.32. The fourth-order valence-electron chi connectivity index (χ4n) is 3.93. The van der Waals surface area contributed by atoms with Crippen molar-refractivity contribution in [2.45, 2.75) is 44.4 Å². The number of rotatable bonds is 5. The first kappa shape index (κ1) is 15.8. The summed E-state index contributed by atoms with van der Waals surface area (Å²) < 4.78 is 17.2. The van der Waals surface area contributed by atoms with E-state index in [-0.39, 0.29) is 12.2 Å². The number of hydrogen-bond donors (Lipinski definition) is 0. The van der Waals surface area contributed by atoms with Gasteiger partial charge in [-0.25, -0.2) is 0 Å². The number of benzene rings is 1. The van der Waals surface area contributed by atoms with Crippen LogP contribution in [0, 0.1) is 0 Å². The molecule has 0 spiro atoms. The molecule has 1 aliphatic carbocycles. The lowest BCUT2D eigenvalue weighted by molar-refractivity contribution is -0.139. The number of hydrogen-bond acceptors (Lipinski definition) is 4. The molecule has 1 aromatic rings. The number of fused-ring (bicyclic) bond motifs is 2. The van der Waals surface area contributed by atoms with E-state index in [4.69, 9.17) is 14.2 Å². The SMILES string of the molecule is CCCN1C[C@H](COC)O[C@@H]2Cc3c(cccc3OC)C[C@H]21. The van der Waals surface area contributed by atoms with Crippen LogP contribution in [0.2, 0.25) is 0 Å². The Balaban J connectivity index is 1.85. The summed E-state index contributed by atoms with van der Waals surface area (Å²) in [5.41, 5.74) is 2.73. The average molecular weight is 305 g/mol. The zero-order chi connectivity index (χ0) is 15.5. The van der Waals surface area contributed by atoms with Crippen LogP contribution in [0.3, 0.4) is 0 Å². The largest absolute Gasteiger partial charge is 0.496 e. The van der Waals surface area contributed by atoms with Gasteiger partial charge in [0.25, 0.3) is 0 Å². The third kappa shape index (κ3) is 3.00. The van der Waals surface area contributed by atoms with Crippen LogP contribution in [-0.4, -0.2) is 57.1 Å². The molecular weight excluding hydrogens is 278 g/mol. The highest BCUT2D eigenvalue weighted by molar-refractivity contribution is 5.43. The van der Waals surface area contributed by atoms with Gasteiger partial charge in [0.05, 0.1) is 25.9 Å². The molecule has 1 aliphatic heterocycles. The van der Waals surface area contributed by atoms with Crippen LogP contribution < -0.4 is 4.74 Å². The molecule has 0 radical (unpaired) electrons.